The Balaban J connectivity index is 2.22. The molecule has 0 saturated heterocycles. The first-order valence-electron chi connectivity index (χ1n) is 7.54. The molecule has 0 bridgehead atoms. The molecule has 0 atom stereocenters. The van der Waals surface area contributed by atoms with Crippen molar-refractivity contribution in [1.29, 1.82) is 0 Å². The first kappa shape index (κ1) is 16.3. The third kappa shape index (κ3) is 3.75. The summed E-state index contributed by atoms with van der Waals surface area (Å²) in [6.07, 6.45) is 3.96. The molecule has 0 spiro atoms. The van der Waals surface area contributed by atoms with E-state index >= 15 is 0 Å². The molecule has 0 aromatic heterocycles. The molecule has 0 amide bonds. The zero-order valence-electron chi connectivity index (χ0n) is 12.6. The van der Waals surface area contributed by atoms with E-state index in [2.05, 4.69) is 6.92 Å². The molecular weight excluding hydrogens is 286 g/mol. The average molecular weight is 306 g/mol. The van der Waals surface area contributed by atoms with Gasteiger partial charge in [0.25, 0.3) is 0 Å². The molecule has 118 valence electrons. The van der Waals surface area contributed by atoms with E-state index in [4.69, 9.17) is 4.74 Å². The minimum absolute atomic E-state index is 0.161. The van der Waals surface area contributed by atoms with Crippen LogP contribution < -0.4 is 4.74 Å². The number of rotatable bonds is 7. The number of ether oxygens (including phenoxy) is 1. The molecule has 0 aliphatic carbocycles. The molecular formula is C18H20F2O2. The normalized spacial score (nSPS) is 10.7. The van der Waals surface area contributed by atoms with Crippen molar-refractivity contribution in [2.45, 2.75) is 32.6 Å². The molecule has 2 aromatic rings. The summed E-state index contributed by atoms with van der Waals surface area (Å²) >= 11 is 0. The van der Waals surface area contributed by atoms with Crippen LogP contribution in [0, 0.1) is 11.6 Å². The Morgan fingerprint density at radius 1 is 1.00 bits per heavy atom. The van der Waals surface area contributed by atoms with E-state index < -0.39 is 17.4 Å². The summed E-state index contributed by atoms with van der Waals surface area (Å²) in [6, 6.07) is 10.1. The van der Waals surface area contributed by atoms with E-state index in [-0.39, 0.29) is 11.3 Å². The number of aromatic hydroxyl groups is 1. The van der Waals surface area contributed by atoms with Gasteiger partial charge in [0.05, 0.1) is 6.61 Å². The molecule has 4 heteroatoms. The highest BCUT2D eigenvalue weighted by Gasteiger charge is 2.19. The first-order valence-corrected chi connectivity index (χ1v) is 7.54. The second-order valence-corrected chi connectivity index (χ2v) is 5.17. The van der Waals surface area contributed by atoms with Crippen LogP contribution in [0.3, 0.4) is 0 Å². The first-order chi connectivity index (χ1) is 10.6. The maximum absolute atomic E-state index is 13.9. The molecule has 2 rings (SSSR count). The monoisotopic (exact) mass is 306 g/mol. The summed E-state index contributed by atoms with van der Waals surface area (Å²) in [6.45, 7) is 2.43. The van der Waals surface area contributed by atoms with Gasteiger partial charge in [-0.1, -0.05) is 56.5 Å². The summed E-state index contributed by atoms with van der Waals surface area (Å²) in [5, 5.41) is 9.83. The quantitative estimate of drug-likeness (QED) is 0.704. The van der Waals surface area contributed by atoms with Crippen LogP contribution in [0.5, 0.6) is 11.5 Å². The zero-order chi connectivity index (χ0) is 15.9. The van der Waals surface area contributed by atoms with Crippen LogP contribution in [0.1, 0.15) is 32.6 Å². The molecule has 0 heterocycles. The van der Waals surface area contributed by atoms with E-state index in [1.165, 1.54) is 6.07 Å². The van der Waals surface area contributed by atoms with Crippen molar-refractivity contribution in [3.05, 3.63) is 48.0 Å². The number of phenols is 1. The lowest BCUT2D eigenvalue weighted by Gasteiger charge is -2.12. The average Bonchev–Trinajstić information content (AvgIpc) is 2.55. The lowest BCUT2D eigenvalue weighted by atomic mass is 10.0. The van der Waals surface area contributed by atoms with Gasteiger partial charge in [-0.2, -0.15) is 8.78 Å². The van der Waals surface area contributed by atoms with Crippen molar-refractivity contribution in [3.63, 3.8) is 0 Å². The van der Waals surface area contributed by atoms with Crippen molar-refractivity contribution in [2.24, 2.45) is 0 Å². The molecule has 0 aliphatic rings. The number of hydrogen-bond donors (Lipinski definition) is 1. The maximum Gasteiger partial charge on any atom is 0.204 e. The number of benzene rings is 2. The summed E-state index contributed by atoms with van der Waals surface area (Å²) in [4.78, 5) is 0. The highest BCUT2D eigenvalue weighted by Crippen LogP contribution is 2.37. The molecule has 0 radical (unpaired) electrons. The van der Waals surface area contributed by atoms with Crippen LogP contribution in [0.2, 0.25) is 0 Å². The van der Waals surface area contributed by atoms with Gasteiger partial charge in [-0.25, -0.2) is 0 Å². The Hall–Kier alpha value is -2.10. The van der Waals surface area contributed by atoms with Crippen LogP contribution in [0.15, 0.2) is 36.4 Å². The Kier molecular flexibility index (Phi) is 5.75. The molecule has 0 unspecified atom stereocenters. The smallest absolute Gasteiger partial charge is 0.204 e. The number of hydrogen-bond acceptors (Lipinski definition) is 2. The van der Waals surface area contributed by atoms with Crippen molar-refractivity contribution < 1.29 is 18.6 Å². The lowest BCUT2D eigenvalue weighted by Crippen LogP contribution is -2.02. The van der Waals surface area contributed by atoms with E-state index in [1.807, 2.05) is 6.07 Å². The number of unbranched alkanes of at least 4 members (excludes halogenated alkanes) is 3. The van der Waals surface area contributed by atoms with Gasteiger partial charge in [-0.3, -0.25) is 0 Å². The van der Waals surface area contributed by atoms with E-state index in [0.717, 1.165) is 25.7 Å². The SMILES string of the molecule is CCCCCCOc1cc(-c2ccccc2)c(O)c(F)c1F. The summed E-state index contributed by atoms with van der Waals surface area (Å²) in [5.74, 6) is -3.27. The standard InChI is InChI=1S/C18H20F2O2/c1-2-3-4-8-11-22-15-12-14(13-9-6-5-7-10-13)18(21)17(20)16(15)19/h5-7,9-10,12,21H,2-4,8,11H2,1H3. The molecule has 0 saturated carbocycles. The zero-order valence-corrected chi connectivity index (χ0v) is 12.6. The predicted molar refractivity (Wildman–Crippen MR) is 83.1 cm³/mol. The fourth-order valence-electron chi connectivity index (χ4n) is 2.25. The van der Waals surface area contributed by atoms with Crippen LogP contribution in [0.25, 0.3) is 11.1 Å². The minimum atomic E-state index is -1.27. The fraction of sp³-hybridized carbons (Fsp3) is 0.333. The second kappa shape index (κ2) is 7.78. The van der Waals surface area contributed by atoms with E-state index in [0.29, 0.717) is 12.2 Å². The summed E-state index contributed by atoms with van der Waals surface area (Å²) in [5.41, 5.74) is 0.831. The Morgan fingerprint density at radius 3 is 2.41 bits per heavy atom. The minimum Gasteiger partial charge on any atom is -0.504 e. The Labute approximate surface area is 129 Å². The van der Waals surface area contributed by atoms with Crippen molar-refractivity contribution in [3.8, 4) is 22.6 Å². The van der Waals surface area contributed by atoms with Gasteiger partial charge in [-0.15, -0.1) is 0 Å². The summed E-state index contributed by atoms with van der Waals surface area (Å²) in [7, 11) is 0. The topological polar surface area (TPSA) is 29.5 Å². The fourth-order valence-corrected chi connectivity index (χ4v) is 2.25. The molecule has 0 aliphatic heterocycles. The largest absolute Gasteiger partial charge is 0.504 e. The molecule has 22 heavy (non-hydrogen) atoms. The highest BCUT2D eigenvalue weighted by atomic mass is 19.2. The molecule has 2 aromatic carbocycles. The second-order valence-electron chi connectivity index (χ2n) is 5.17. The van der Waals surface area contributed by atoms with Gasteiger partial charge in [0.15, 0.2) is 11.5 Å². The van der Waals surface area contributed by atoms with E-state index in [9.17, 15) is 13.9 Å². The van der Waals surface area contributed by atoms with Gasteiger partial charge in [0.1, 0.15) is 0 Å². The van der Waals surface area contributed by atoms with Crippen molar-refractivity contribution >= 4 is 0 Å². The van der Waals surface area contributed by atoms with Gasteiger partial charge in [0.2, 0.25) is 11.6 Å². The highest BCUT2D eigenvalue weighted by molar-refractivity contribution is 5.72. The Morgan fingerprint density at radius 2 is 1.73 bits per heavy atom. The van der Waals surface area contributed by atoms with Crippen LogP contribution in [-0.2, 0) is 0 Å². The molecule has 1 N–H and O–H groups in total. The summed E-state index contributed by atoms with van der Waals surface area (Å²) < 4.78 is 33.1. The third-order valence-corrected chi connectivity index (χ3v) is 3.49. The number of halogens is 2. The number of phenolic OH excluding ortho intramolecular Hbond substituents is 1. The van der Waals surface area contributed by atoms with E-state index in [1.54, 1.807) is 24.3 Å². The third-order valence-electron chi connectivity index (χ3n) is 3.49. The Bertz CT molecular complexity index is 612. The van der Waals surface area contributed by atoms with Crippen LogP contribution in [-0.4, -0.2) is 11.7 Å². The van der Waals surface area contributed by atoms with Crippen LogP contribution >= 0.6 is 0 Å². The maximum atomic E-state index is 13.9. The van der Waals surface area contributed by atoms with Crippen molar-refractivity contribution in [2.75, 3.05) is 6.61 Å². The molecule has 0 fully saturated rings. The lowest BCUT2D eigenvalue weighted by molar-refractivity contribution is 0.282. The van der Waals surface area contributed by atoms with Gasteiger partial charge < -0.3 is 9.84 Å². The van der Waals surface area contributed by atoms with Crippen molar-refractivity contribution in [1.82, 2.24) is 0 Å². The van der Waals surface area contributed by atoms with Gasteiger partial charge in [0, 0.05) is 5.56 Å². The predicted octanol–water partition coefficient (Wildman–Crippen LogP) is 5.30. The van der Waals surface area contributed by atoms with Gasteiger partial charge in [-0.05, 0) is 18.1 Å². The van der Waals surface area contributed by atoms with Crippen LogP contribution in [0.4, 0.5) is 8.78 Å². The van der Waals surface area contributed by atoms with Gasteiger partial charge >= 0.3 is 0 Å². The molecule has 2 nitrogen and oxygen atoms in total.